The number of benzene rings is 1. The Morgan fingerprint density at radius 1 is 1.11 bits per heavy atom. The van der Waals surface area contributed by atoms with Crippen LogP contribution in [0, 0.1) is 5.92 Å². The SMILES string of the molecule is COc1ccc(N2CCN(CCCNC(=O)C(NC(C)=O)C(C)C)CC2)cc1. The number of hydrogen-bond acceptors (Lipinski definition) is 5. The van der Waals surface area contributed by atoms with Crippen molar-refractivity contribution in [3.63, 3.8) is 0 Å². The van der Waals surface area contributed by atoms with Gasteiger partial charge in [0.15, 0.2) is 0 Å². The normalized spacial score (nSPS) is 16.0. The lowest BCUT2D eigenvalue weighted by molar-refractivity contribution is -0.129. The molecule has 1 heterocycles. The fourth-order valence-electron chi connectivity index (χ4n) is 3.40. The number of piperazine rings is 1. The zero-order valence-electron chi connectivity index (χ0n) is 17.5. The molecule has 0 saturated carbocycles. The first-order chi connectivity index (χ1) is 13.4. The first-order valence-electron chi connectivity index (χ1n) is 10.1. The van der Waals surface area contributed by atoms with Crippen LogP contribution in [0.4, 0.5) is 5.69 Å². The average molecular weight is 391 g/mol. The number of nitrogens with one attached hydrogen (secondary N) is 2. The minimum Gasteiger partial charge on any atom is -0.497 e. The fraction of sp³-hybridized carbons (Fsp3) is 0.619. The van der Waals surface area contributed by atoms with E-state index in [9.17, 15) is 9.59 Å². The average Bonchev–Trinajstić information content (AvgIpc) is 2.69. The van der Waals surface area contributed by atoms with Gasteiger partial charge in [-0.25, -0.2) is 0 Å². The van der Waals surface area contributed by atoms with E-state index in [1.54, 1.807) is 7.11 Å². The highest BCUT2D eigenvalue weighted by molar-refractivity contribution is 5.86. The molecule has 156 valence electrons. The highest BCUT2D eigenvalue weighted by Crippen LogP contribution is 2.20. The van der Waals surface area contributed by atoms with Gasteiger partial charge in [0.25, 0.3) is 0 Å². The van der Waals surface area contributed by atoms with Crippen LogP contribution in [0.2, 0.25) is 0 Å². The molecule has 2 rings (SSSR count). The van der Waals surface area contributed by atoms with Crippen molar-refractivity contribution < 1.29 is 14.3 Å². The molecule has 1 aliphatic rings. The highest BCUT2D eigenvalue weighted by Gasteiger charge is 2.22. The van der Waals surface area contributed by atoms with E-state index in [1.165, 1.54) is 12.6 Å². The van der Waals surface area contributed by atoms with Gasteiger partial charge in [-0.3, -0.25) is 14.5 Å². The van der Waals surface area contributed by atoms with Gasteiger partial charge in [-0.1, -0.05) is 13.8 Å². The van der Waals surface area contributed by atoms with Crippen molar-refractivity contribution in [3.8, 4) is 5.75 Å². The molecule has 1 aromatic rings. The number of rotatable bonds is 9. The van der Waals surface area contributed by atoms with Crippen molar-refractivity contribution >= 4 is 17.5 Å². The lowest BCUT2D eigenvalue weighted by Gasteiger charge is -2.36. The molecule has 0 aliphatic carbocycles. The first kappa shape index (κ1) is 22.0. The molecule has 1 aliphatic heterocycles. The van der Waals surface area contributed by atoms with Crippen LogP contribution >= 0.6 is 0 Å². The van der Waals surface area contributed by atoms with E-state index in [2.05, 4.69) is 32.6 Å². The number of carbonyl (C=O) groups excluding carboxylic acids is 2. The second-order valence-electron chi connectivity index (χ2n) is 7.59. The predicted octanol–water partition coefficient (Wildman–Crippen LogP) is 1.48. The maximum atomic E-state index is 12.3. The molecule has 0 spiro atoms. The summed E-state index contributed by atoms with van der Waals surface area (Å²) in [5, 5.41) is 5.67. The second kappa shape index (κ2) is 10.9. The second-order valence-corrected chi connectivity index (χ2v) is 7.59. The van der Waals surface area contributed by atoms with Gasteiger partial charge in [-0.05, 0) is 43.1 Å². The standard InChI is InChI=1S/C21H34N4O3/c1-16(2)20(23-17(3)26)21(27)22-10-5-11-24-12-14-25(15-13-24)18-6-8-19(28-4)9-7-18/h6-9,16,20H,5,10-15H2,1-4H3,(H,22,27)(H,23,26). The monoisotopic (exact) mass is 390 g/mol. The Hall–Kier alpha value is -2.28. The molecule has 2 N–H and O–H groups in total. The molecule has 1 saturated heterocycles. The van der Waals surface area contributed by atoms with Crippen LogP contribution in [0.1, 0.15) is 27.2 Å². The van der Waals surface area contributed by atoms with Crippen molar-refractivity contribution in [2.24, 2.45) is 5.92 Å². The quantitative estimate of drug-likeness (QED) is 0.625. The molecule has 7 nitrogen and oxygen atoms in total. The molecule has 7 heteroatoms. The van der Waals surface area contributed by atoms with Gasteiger partial charge in [0.1, 0.15) is 11.8 Å². The Kier molecular flexibility index (Phi) is 8.57. The molecular formula is C21H34N4O3. The molecule has 28 heavy (non-hydrogen) atoms. The molecule has 0 bridgehead atoms. The van der Waals surface area contributed by atoms with E-state index in [0.717, 1.165) is 44.9 Å². The minimum atomic E-state index is -0.467. The van der Waals surface area contributed by atoms with Gasteiger partial charge < -0.3 is 20.3 Å². The van der Waals surface area contributed by atoms with Crippen molar-refractivity contribution in [3.05, 3.63) is 24.3 Å². The molecule has 1 unspecified atom stereocenters. The summed E-state index contributed by atoms with van der Waals surface area (Å²) in [7, 11) is 1.68. The number of nitrogens with zero attached hydrogens (tertiary/aromatic N) is 2. The van der Waals surface area contributed by atoms with Gasteiger partial charge in [-0.15, -0.1) is 0 Å². The lowest BCUT2D eigenvalue weighted by Crippen LogP contribution is -2.50. The smallest absolute Gasteiger partial charge is 0.242 e. The Bertz CT molecular complexity index is 625. The molecule has 0 radical (unpaired) electrons. The Morgan fingerprint density at radius 3 is 2.29 bits per heavy atom. The van der Waals surface area contributed by atoms with E-state index in [1.807, 2.05) is 26.0 Å². The summed E-state index contributed by atoms with van der Waals surface area (Å²) in [6.07, 6.45) is 0.902. The van der Waals surface area contributed by atoms with Gasteiger partial charge in [0.2, 0.25) is 11.8 Å². The summed E-state index contributed by atoms with van der Waals surface area (Å²) in [4.78, 5) is 28.3. The molecule has 0 aromatic heterocycles. The fourth-order valence-corrected chi connectivity index (χ4v) is 3.40. The number of ether oxygens (including phenoxy) is 1. The summed E-state index contributed by atoms with van der Waals surface area (Å²) in [6, 6.07) is 7.73. The number of methoxy groups -OCH3 is 1. The summed E-state index contributed by atoms with van der Waals surface area (Å²) < 4.78 is 5.21. The summed E-state index contributed by atoms with van der Waals surface area (Å²) >= 11 is 0. The largest absolute Gasteiger partial charge is 0.497 e. The van der Waals surface area contributed by atoms with Crippen molar-refractivity contribution in [1.29, 1.82) is 0 Å². The zero-order valence-corrected chi connectivity index (χ0v) is 17.5. The van der Waals surface area contributed by atoms with Crippen LogP contribution in [0.25, 0.3) is 0 Å². The van der Waals surface area contributed by atoms with Gasteiger partial charge in [-0.2, -0.15) is 0 Å². The van der Waals surface area contributed by atoms with E-state index in [4.69, 9.17) is 4.74 Å². The minimum absolute atomic E-state index is 0.0648. The van der Waals surface area contributed by atoms with Crippen LogP contribution in [0.15, 0.2) is 24.3 Å². The molecule has 1 aromatic carbocycles. The molecule has 1 atom stereocenters. The van der Waals surface area contributed by atoms with Gasteiger partial charge in [0.05, 0.1) is 7.11 Å². The maximum Gasteiger partial charge on any atom is 0.242 e. The van der Waals surface area contributed by atoms with E-state index in [-0.39, 0.29) is 17.7 Å². The molecular weight excluding hydrogens is 356 g/mol. The number of amides is 2. The number of hydrogen-bond donors (Lipinski definition) is 2. The molecule has 1 fully saturated rings. The summed E-state index contributed by atoms with van der Waals surface area (Å²) in [6.45, 7) is 10.9. The third-order valence-electron chi connectivity index (χ3n) is 5.07. The third-order valence-corrected chi connectivity index (χ3v) is 5.07. The highest BCUT2D eigenvalue weighted by atomic mass is 16.5. The van der Waals surface area contributed by atoms with Crippen molar-refractivity contribution in [1.82, 2.24) is 15.5 Å². The predicted molar refractivity (Wildman–Crippen MR) is 112 cm³/mol. The van der Waals surface area contributed by atoms with Crippen LogP contribution in [-0.4, -0.2) is 69.1 Å². The van der Waals surface area contributed by atoms with Crippen LogP contribution in [0.3, 0.4) is 0 Å². The van der Waals surface area contributed by atoms with Gasteiger partial charge >= 0.3 is 0 Å². The van der Waals surface area contributed by atoms with E-state index < -0.39 is 6.04 Å². The number of anilines is 1. The maximum absolute atomic E-state index is 12.3. The van der Waals surface area contributed by atoms with Crippen LogP contribution < -0.4 is 20.3 Å². The number of carbonyl (C=O) groups is 2. The first-order valence-corrected chi connectivity index (χ1v) is 10.1. The Balaban J connectivity index is 1.66. The van der Waals surface area contributed by atoms with Crippen molar-refractivity contribution in [2.75, 3.05) is 51.3 Å². The Morgan fingerprint density at radius 2 is 1.75 bits per heavy atom. The van der Waals surface area contributed by atoms with Crippen LogP contribution in [0.5, 0.6) is 5.75 Å². The topological polar surface area (TPSA) is 73.9 Å². The summed E-state index contributed by atoms with van der Waals surface area (Å²) in [5.41, 5.74) is 1.23. The van der Waals surface area contributed by atoms with E-state index in [0.29, 0.717) is 6.54 Å². The van der Waals surface area contributed by atoms with Crippen molar-refractivity contribution in [2.45, 2.75) is 33.2 Å². The van der Waals surface area contributed by atoms with E-state index >= 15 is 0 Å². The summed E-state index contributed by atoms with van der Waals surface area (Å²) in [5.74, 6) is 0.663. The zero-order chi connectivity index (χ0) is 20.5. The lowest BCUT2D eigenvalue weighted by atomic mass is 10.0. The Labute approximate surface area is 168 Å². The van der Waals surface area contributed by atoms with Gasteiger partial charge in [0, 0.05) is 45.3 Å². The third kappa shape index (κ3) is 6.71. The molecule has 2 amide bonds. The van der Waals surface area contributed by atoms with Crippen LogP contribution in [-0.2, 0) is 9.59 Å².